The molecular formula is C61H37N5. The minimum Gasteiger partial charge on any atom is -0.306 e. The maximum absolute atomic E-state index is 11.2. The second-order valence-electron chi connectivity index (χ2n) is 16.5. The predicted molar refractivity (Wildman–Crippen MR) is 270 cm³/mol. The molecule has 3 aromatic heterocycles. The number of para-hydroxylation sites is 2. The fourth-order valence-corrected chi connectivity index (χ4v) is 9.87. The topological polar surface area (TPSA) is 70.3 Å². The summed E-state index contributed by atoms with van der Waals surface area (Å²) in [4.78, 5) is 5.88. The molecule has 0 aliphatic rings. The largest absolute Gasteiger partial charge is 0.306 e. The van der Waals surface area contributed by atoms with Crippen molar-refractivity contribution in [2.24, 2.45) is 0 Å². The Balaban J connectivity index is 1.33. The minimum absolute atomic E-state index is 0.297. The van der Waals surface area contributed by atoms with E-state index in [0.717, 1.165) is 105 Å². The molecule has 0 unspecified atom stereocenters. The smallest absolute Gasteiger partial charge is 0.101 e. The first kappa shape index (κ1) is 38.4. The molecule has 3 heterocycles. The highest BCUT2D eigenvalue weighted by molar-refractivity contribution is 6.15. The van der Waals surface area contributed by atoms with Crippen molar-refractivity contribution in [3.05, 3.63) is 236 Å². The highest BCUT2D eigenvalue weighted by atomic mass is 15.1. The van der Waals surface area contributed by atoms with E-state index in [4.69, 9.17) is 4.98 Å². The Morgan fingerprint density at radius 1 is 0.333 bits per heavy atom. The van der Waals surface area contributed by atoms with Crippen molar-refractivity contribution in [2.45, 2.75) is 0 Å². The van der Waals surface area contributed by atoms with Gasteiger partial charge in [0, 0.05) is 43.8 Å². The van der Waals surface area contributed by atoms with Crippen LogP contribution in [0.2, 0.25) is 0 Å². The van der Waals surface area contributed by atoms with Crippen LogP contribution in [-0.4, -0.2) is 14.1 Å². The average Bonchev–Trinajstić information content (AvgIpc) is 3.90. The molecule has 306 valence electrons. The molecule has 0 aliphatic heterocycles. The van der Waals surface area contributed by atoms with Crippen LogP contribution in [0.3, 0.4) is 0 Å². The van der Waals surface area contributed by atoms with E-state index in [0.29, 0.717) is 16.7 Å². The summed E-state index contributed by atoms with van der Waals surface area (Å²) in [6.07, 6.45) is 0. The monoisotopic (exact) mass is 839 g/mol. The third kappa shape index (κ3) is 6.11. The Morgan fingerprint density at radius 2 is 0.742 bits per heavy atom. The van der Waals surface area contributed by atoms with Gasteiger partial charge in [0.25, 0.3) is 0 Å². The number of hydrogen-bond donors (Lipinski definition) is 0. The molecule has 0 atom stereocenters. The van der Waals surface area contributed by atoms with Gasteiger partial charge in [0.2, 0.25) is 0 Å². The van der Waals surface area contributed by atoms with Gasteiger partial charge in [-0.15, -0.1) is 0 Å². The van der Waals surface area contributed by atoms with Gasteiger partial charge in [-0.3, -0.25) is 0 Å². The van der Waals surface area contributed by atoms with Crippen LogP contribution in [0.1, 0.15) is 11.1 Å². The molecule has 66 heavy (non-hydrogen) atoms. The maximum Gasteiger partial charge on any atom is 0.101 e. The van der Waals surface area contributed by atoms with Crippen molar-refractivity contribution in [3.8, 4) is 79.4 Å². The number of aromatic nitrogens is 3. The van der Waals surface area contributed by atoms with E-state index >= 15 is 0 Å². The molecular weight excluding hydrogens is 803 g/mol. The van der Waals surface area contributed by atoms with Crippen molar-refractivity contribution in [1.82, 2.24) is 14.1 Å². The fraction of sp³-hybridized carbons (Fsp3) is 0. The quantitative estimate of drug-likeness (QED) is 0.160. The summed E-state index contributed by atoms with van der Waals surface area (Å²) >= 11 is 0. The number of fused-ring (bicyclic) bond motifs is 6. The van der Waals surface area contributed by atoms with E-state index in [1.807, 2.05) is 60.7 Å². The normalized spacial score (nSPS) is 11.3. The van der Waals surface area contributed by atoms with Crippen LogP contribution in [0.5, 0.6) is 0 Å². The molecule has 0 saturated carbocycles. The standard InChI is InChI=1S/C61H37N5/c62-38-46-26-17-29-49(52(46)39-63)57-60(65-53-30-15-13-27-47(53)50-36-44(32-34-55(50)65)40-18-5-1-6-19-40)58(42-22-9-3-10-23-42)64-59(43-24-11-4-12-25-43)61(57)66-54-31-16-14-28-48(54)51-37-45(33-35-56(51)66)41-20-7-2-8-21-41/h1-37H. The molecule has 0 bridgehead atoms. The number of benzene rings is 9. The number of nitrogens with zero attached hydrogens (tertiary/aromatic N) is 5. The van der Waals surface area contributed by atoms with E-state index < -0.39 is 0 Å². The summed E-state index contributed by atoms with van der Waals surface area (Å²) < 4.78 is 4.67. The van der Waals surface area contributed by atoms with Crippen LogP contribution in [0.4, 0.5) is 0 Å². The third-order valence-electron chi connectivity index (χ3n) is 12.8. The zero-order chi connectivity index (χ0) is 44.1. The maximum atomic E-state index is 11.2. The lowest BCUT2D eigenvalue weighted by atomic mass is 9.90. The first-order chi connectivity index (χ1) is 32.7. The van der Waals surface area contributed by atoms with Crippen LogP contribution in [-0.2, 0) is 0 Å². The van der Waals surface area contributed by atoms with Crippen LogP contribution >= 0.6 is 0 Å². The first-order valence-corrected chi connectivity index (χ1v) is 22.0. The zero-order valence-electron chi connectivity index (χ0n) is 35.6. The van der Waals surface area contributed by atoms with Crippen molar-refractivity contribution < 1.29 is 0 Å². The van der Waals surface area contributed by atoms with Crippen LogP contribution in [0, 0.1) is 22.7 Å². The first-order valence-electron chi connectivity index (χ1n) is 22.0. The average molecular weight is 840 g/mol. The van der Waals surface area contributed by atoms with E-state index in [2.05, 4.69) is 179 Å². The molecule has 0 N–H and O–H groups in total. The Kier molecular flexibility index (Phi) is 9.19. The molecule has 0 fully saturated rings. The van der Waals surface area contributed by atoms with Gasteiger partial charge in [-0.25, -0.2) is 4.98 Å². The van der Waals surface area contributed by atoms with E-state index in [1.54, 1.807) is 6.07 Å². The molecule has 5 heteroatoms. The summed E-state index contributed by atoms with van der Waals surface area (Å²) in [5.74, 6) is 0. The molecule has 0 amide bonds. The van der Waals surface area contributed by atoms with E-state index in [-0.39, 0.29) is 0 Å². The summed E-state index contributed by atoms with van der Waals surface area (Å²) in [6, 6.07) is 82.5. The van der Waals surface area contributed by atoms with E-state index in [1.165, 1.54) is 0 Å². The Bertz CT molecular complexity index is 3710. The predicted octanol–water partition coefficient (Wildman–Crippen LogP) is 15.4. The van der Waals surface area contributed by atoms with Crippen molar-refractivity contribution in [2.75, 3.05) is 0 Å². The molecule has 12 rings (SSSR count). The molecule has 0 radical (unpaired) electrons. The molecule has 5 nitrogen and oxygen atoms in total. The van der Waals surface area contributed by atoms with Crippen LogP contribution in [0.15, 0.2) is 224 Å². The van der Waals surface area contributed by atoms with Crippen molar-refractivity contribution in [1.29, 1.82) is 10.5 Å². The minimum atomic E-state index is 0.297. The molecule has 0 saturated heterocycles. The van der Waals surface area contributed by atoms with Gasteiger partial charge in [-0.2, -0.15) is 10.5 Å². The fourth-order valence-electron chi connectivity index (χ4n) is 9.87. The second-order valence-corrected chi connectivity index (χ2v) is 16.5. The Labute approximate surface area is 381 Å². The van der Waals surface area contributed by atoms with Crippen LogP contribution < -0.4 is 0 Å². The highest BCUT2D eigenvalue weighted by Crippen LogP contribution is 2.50. The third-order valence-corrected chi connectivity index (χ3v) is 12.8. The number of rotatable bonds is 7. The molecule has 0 spiro atoms. The summed E-state index contributed by atoms with van der Waals surface area (Å²) in [6.45, 7) is 0. The van der Waals surface area contributed by atoms with Gasteiger partial charge in [0.05, 0.1) is 56.0 Å². The van der Waals surface area contributed by atoms with Crippen LogP contribution in [0.25, 0.3) is 111 Å². The number of hydrogen-bond acceptors (Lipinski definition) is 3. The Hall–Kier alpha value is -9.29. The van der Waals surface area contributed by atoms with Crippen molar-refractivity contribution in [3.63, 3.8) is 0 Å². The number of pyridine rings is 1. The van der Waals surface area contributed by atoms with Gasteiger partial charge < -0.3 is 9.13 Å². The Morgan fingerprint density at radius 3 is 1.18 bits per heavy atom. The molecule has 12 aromatic rings. The lowest BCUT2D eigenvalue weighted by molar-refractivity contribution is 1.10. The zero-order valence-corrected chi connectivity index (χ0v) is 35.6. The summed E-state index contributed by atoms with van der Waals surface area (Å²) in [7, 11) is 0. The SMILES string of the molecule is N#Cc1cccc(-c2c(-n3c4ccccc4c4cc(-c5ccccc5)ccc43)c(-c3ccccc3)nc(-c3ccccc3)c2-n2c3ccccc3c3cc(-c4ccccc4)ccc32)c1C#N. The molecule has 0 aliphatic carbocycles. The highest BCUT2D eigenvalue weighted by Gasteiger charge is 2.31. The van der Waals surface area contributed by atoms with Gasteiger partial charge in [-0.1, -0.05) is 182 Å². The lowest BCUT2D eigenvalue weighted by Crippen LogP contribution is -2.11. The van der Waals surface area contributed by atoms with E-state index in [9.17, 15) is 10.5 Å². The van der Waals surface area contributed by atoms with Gasteiger partial charge in [-0.05, 0) is 64.7 Å². The summed E-state index contributed by atoms with van der Waals surface area (Å²) in [5.41, 5.74) is 15.3. The molecule has 9 aromatic carbocycles. The van der Waals surface area contributed by atoms with Crippen molar-refractivity contribution >= 4 is 43.6 Å². The van der Waals surface area contributed by atoms with Gasteiger partial charge in [0.15, 0.2) is 0 Å². The van der Waals surface area contributed by atoms with Gasteiger partial charge >= 0.3 is 0 Å². The van der Waals surface area contributed by atoms with Gasteiger partial charge in [0.1, 0.15) is 12.1 Å². The number of nitriles is 2. The lowest BCUT2D eigenvalue weighted by Gasteiger charge is -2.26. The summed E-state index contributed by atoms with van der Waals surface area (Å²) in [5, 5.41) is 26.3. The second kappa shape index (κ2) is 15.8.